The Bertz CT molecular complexity index is 370. The third-order valence-corrected chi connectivity index (χ3v) is 1.92. The van der Waals surface area contributed by atoms with E-state index in [1.165, 1.54) is 11.8 Å². The Morgan fingerprint density at radius 2 is 2.29 bits per heavy atom. The molecule has 0 aliphatic heterocycles. The molecule has 0 saturated heterocycles. The first kappa shape index (κ1) is 10.2. The van der Waals surface area contributed by atoms with Gasteiger partial charge in [-0.1, -0.05) is 0 Å². The molecule has 1 N–H and O–H groups in total. The smallest absolute Gasteiger partial charge is 0.360 e. The number of ether oxygens (including phenoxy) is 1. The quantitative estimate of drug-likeness (QED) is 0.550. The molecule has 0 bridgehead atoms. The maximum atomic E-state index is 11.2. The maximum absolute atomic E-state index is 11.2. The minimum atomic E-state index is -0.571. The standard InChI is InChI=1S/C8H11N3O3/c1-5-6(9-4-12)7(8(13)14-3)10-11(5)2/h4H,1-3H3,(H,9,12). The fraction of sp³-hybridized carbons (Fsp3) is 0.375. The summed E-state index contributed by atoms with van der Waals surface area (Å²) in [7, 11) is 2.94. The third-order valence-electron chi connectivity index (χ3n) is 1.92. The van der Waals surface area contributed by atoms with Gasteiger partial charge in [0.2, 0.25) is 6.41 Å². The van der Waals surface area contributed by atoms with E-state index < -0.39 is 5.97 Å². The van der Waals surface area contributed by atoms with Gasteiger partial charge < -0.3 is 10.1 Å². The van der Waals surface area contributed by atoms with Crippen LogP contribution in [-0.2, 0) is 16.6 Å². The number of hydrogen-bond acceptors (Lipinski definition) is 4. The van der Waals surface area contributed by atoms with E-state index in [2.05, 4.69) is 15.2 Å². The van der Waals surface area contributed by atoms with Crippen molar-refractivity contribution >= 4 is 18.1 Å². The van der Waals surface area contributed by atoms with Crippen LogP contribution in [0, 0.1) is 6.92 Å². The van der Waals surface area contributed by atoms with E-state index in [1.54, 1.807) is 14.0 Å². The van der Waals surface area contributed by atoms with Crippen molar-refractivity contribution in [1.82, 2.24) is 9.78 Å². The topological polar surface area (TPSA) is 73.2 Å². The van der Waals surface area contributed by atoms with Crippen molar-refractivity contribution in [1.29, 1.82) is 0 Å². The molecule has 1 amide bonds. The Hall–Kier alpha value is -1.85. The second-order valence-electron chi connectivity index (χ2n) is 2.69. The average molecular weight is 197 g/mol. The minimum absolute atomic E-state index is 0.111. The van der Waals surface area contributed by atoms with Gasteiger partial charge in [0.25, 0.3) is 0 Å². The highest BCUT2D eigenvalue weighted by atomic mass is 16.5. The molecule has 1 rings (SSSR count). The van der Waals surface area contributed by atoms with Crippen LogP contribution >= 0.6 is 0 Å². The van der Waals surface area contributed by atoms with Crippen molar-refractivity contribution in [3.8, 4) is 0 Å². The fourth-order valence-electron chi connectivity index (χ4n) is 1.08. The summed E-state index contributed by atoms with van der Waals surface area (Å²) in [6.07, 6.45) is 0.496. The van der Waals surface area contributed by atoms with Crippen LogP contribution in [0.25, 0.3) is 0 Å². The molecule has 0 aliphatic carbocycles. The van der Waals surface area contributed by atoms with Crippen molar-refractivity contribution < 1.29 is 14.3 Å². The highest BCUT2D eigenvalue weighted by Crippen LogP contribution is 2.19. The summed E-state index contributed by atoms with van der Waals surface area (Å²) in [5, 5.41) is 6.34. The lowest BCUT2D eigenvalue weighted by Gasteiger charge is -1.99. The lowest BCUT2D eigenvalue weighted by Crippen LogP contribution is -2.06. The van der Waals surface area contributed by atoms with E-state index in [0.717, 1.165) is 0 Å². The van der Waals surface area contributed by atoms with Gasteiger partial charge in [-0.25, -0.2) is 4.79 Å². The molecule has 0 aromatic carbocycles. The van der Waals surface area contributed by atoms with Crippen LogP contribution in [0.5, 0.6) is 0 Å². The van der Waals surface area contributed by atoms with Crippen LogP contribution in [0.2, 0.25) is 0 Å². The molecular formula is C8H11N3O3. The second-order valence-corrected chi connectivity index (χ2v) is 2.69. The number of nitrogens with zero attached hydrogens (tertiary/aromatic N) is 2. The zero-order valence-electron chi connectivity index (χ0n) is 8.20. The Labute approximate surface area is 80.8 Å². The van der Waals surface area contributed by atoms with Gasteiger partial charge in [0.1, 0.15) is 0 Å². The predicted molar refractivity (Wildman–Crippen MR) is 49.0 cm³/mol. The predicted octanol–water partition coefficient (Wildman–Crippen LogP) is 0.0834. The Morgan fingerprint density at radius 1 is 1.64 bits per heavy atom. The van der Waals surface area contributed by atoms with Crippen LogP contribution in [0.3, 0.4) is 0 Å². The molecule has 0 atom stereocenters. The Kier molecular flexibility index (Phi) is 2.85. The number of esters is 1. The van der Waals surface area contributed by atoms with E-state index >= 15 is 0 Å². The largest absolute Gasteiger partial charge is 0.464 e. The van der Waals surface area contributed by atoms with E-state index in [-0.39, 0.29) is 5.69 Å². The number of amides is 1. The molecule has 1 heterocycles. The number of rotatable bonds is 3. The molecule has 6 heteroatoms. The molecule has 6 nitrogen and oxygen atoms in total. The number of anilines is 1. The fourth-order valence-corrected chi connectivity index (χ4v) is 1.08. The van der Waals surface area contributed by atoms with E-state index in [4.69, 9.17) is 0 Å². The number of aromatic nitrogens is 2. The summed E-state index contributed by atoms with van der Waals surface area (Å²) < 4.78 is 6.02. The van der Waals surface area contributed by atoms with Gasteiger partial charge in [-0.05, 0) is 6.92 Å². The van der Waals surface area contributed by atoms with Gasteiger partial charge in [-0.3, -0.25) is 9.48 Å². The van der Waals surface area contributed by atoms with Gasteiger partial charge >= 0.3 is 5.97 Å². The van der Waals surface area contributed by atoms with Crippen LogP contribution < -0.4 is 5.32 Å². The Morgan fingerprint density at radius 3 is 2.79 bits per heavy atom. The van der Waals surface area contributed by atoms with Gasteiger partial charge in [0.05, 0.1) is 18.5 Å². The zero-order valence-corrected chi connectivity index (χ0v) is 8.20. The van der Waals surface area contributed by atoms with E-state index in [0.29, 0.717) is 17.8 Å². The summed E-state index contributed by atoms with van der Waals surface area (Å²) in [5.74, 6) is -0.571. The minimum Gasteiger partial charge on any atom is -0.464 e. The number of carbonyl (C=O) groups is 2. The zero-order chi connectivity index (χ0) is 10.7. The molecule has 0 unspecified atom stereocenters. The van der Waals surface area contributed by atoms with Gasteiger partial charge in [0, 0.05) is 7.05 Å². The lowest BCUT2D eigenvalue weighted by molar-refractivity contribution is -0.105. The van der Waals surface area contributed by atoms with Crippen molar-refractivity contribution in [2.45, 2.75) is 6.92 Å². The van der Waals surface area contributed by atoms with Crippen LogP contribution in [0.15, 0.2) is 0 Å². The van der Waals surface area contributed by atoms with Crippen molar-refractivity contribution in [3.63, 3.8) is 0 Å². The second kappa shape index (κ2) is 3.91. The highest BCUT2D eigenvalue weighted by molar-refractivity contribution is 5.96. The van der Waals surface area contributed by atoms with Gasteiger partial charge in [-0.2, -0.15) is 5.10 Å². The number of methoxy groups -OCH3 is 1. The number of aryl methyl sites for hydroxylation is 1. The molecule has 0 fully saturated rings. The maximum Gasteiger partial charge on any atom is 0.360 e. The van der Waals surface area contributed by atoms with E-state index in [9.17, 15) is 9.59 Å². The third kappa shape index (κ3) is 1.59. The normalized spacial score (nSPS) is 9.64. The molecule has 0 radical (unpaired) electrons. The summed E-state index contributed by atoms with van der Waals surface area (Å²) in [5.41, 5.74) is 1.19. The van der Waals surface area contributed by atoms with Crippen LogP contribution in [0.4, 0.5) is 5.69 Å². The summed E-state index contributed by atoms with van der Waals surface area (Å²) in [6, 6.07) is 0. The summed E-state index contributed by atoms with van der Waals surface area (Å²) in [6.45, 7) is 1.74. The van der Waals surface area contributed by atoms with Crippen LogP contribution in [0.1, 0.15) is 16.2 Å². The first-order valence-electron chi connectivity index (χ1n) is 3.94. The summed E-state index contributed by atoms with van der Waals surface area (Å²) in [4.78, 5) is 21.5. The highest BCUT2D eigenvalue weighted by Gasteiger charge is 2.19. The van der Waals surface area contributed by atoms with Crippen molar-refractivity contribution in [2.24, 2.45) is 7.05 Å². The molecule has 0 saturated carbocycles. The average Bonchev–Trinajstić information content (AvgIpc) is 2.45. The molecule has 0 aliphatic rings. The Balaban J connectivity index is 3.21. The summed E-state index contributed by atoms with van der Waals surface area (Å²) >= 11 is 0. The molecule has 0 spiro atoms. The molecule has 1 aromatic heterocycles. The van der Waals surface area contributed by atoms with Crippen LogP contribution in [-0.4, -0.2) is 29.3 Å². The van der Waals surface area contributed by atoms with Gasteiger partial charge in [0.15, 0.2) is 5.69 Å². The van der Waals surface area contributed by atoms with Crippen molar-refractivity contribution in [2.75, 3.05) is 12.4 Å². The SMILES string of the molecule is COC(=O)c1nn(C)c(C)c1NC=O. The van der Waals surface area contributed by atoms with Crippen molar-refractivity contribution in [3.05, 3.63) is 11.4 Å². The molecular weight excluding hydrogens is 186 g/mol. The molecule has 1 aromatic rings. The lowest BCUT2D eigenvalue weighted by atomic mass is 10.3. The monoisotopic (exact) mass is 197 g/mol. The van der Waals surface area contributed by atoms with Gasteiger partial charge in [-0.15, -0.1) is 0 Å². The molecule has 76 valence electrons. The number of carbonyl (C=O) groups excluding carboxylic acids is 2. The molecule has 14 heavy (non-hydrogen) atoms. The first-order chi connectivity index (χ1) is 6.61. The number of nitrogens with one attached hydrogen (secondary N) is 1. The first-order valence-corrected chi connectivity index (χ1v) is 3.94. The van der Waals surface area contributed by atoms with E-state index in [1.807, 2.05) is 0 Å². The number of hydrogen-bond donors (Lipinski definition) is 1.